The summed E-state index contributed by atoms with van der Waals surface area (Å²) in [6.07, 6.45) is 13.7. The van der Waals surface area contributed by atoms with Crippen LogP contribution in [0.3, 0.4) is 0 Å². The minimum Gasteiger partial charge on any atom is -0.462 e. The highest BCUT2D eigenvalue weighted by molar-refractivity contribution is 5.33. The van der Waals surface area contributed by atoms with Crippen molar-refractivity contribution in [3.05, 3.63) is 53.8 Å². The minimum absolute atomic E-state index is 0.0551. The van der Waals surface area contributed by atoms with Crippen molar-refractivity contribution in [3.63, 3.8) is 0 Å². The van der Waals surface area contributed by atoms with Crippen LogP contribution in [0.25, 0.3) is 0 Å². The van der Waals surface area contributed by atoms with Gasteiger partial charge in [0.2, 0.25) is 5.82 Å². The number of unbranched alkanes of at least 4 members (excludes halogenated alkanes) is 1. The lowest BCUT2D eigenvalue weighted by atomic mass is 9.78. The van der Waals surface area contributed by atoms with Gasteiger partial charge < -0.3 is 4.74 Å². The predicted octanol–water partition coefficient (Wildman–Crippen LogP) is 6.51. The Morgan fingerprint density at radius 1 is 1.13 bits per heavy atom. The molecule has 1 aromatic carbocycles. The molecular formula is C20H26F2O. The van der Waals surface area contributed by atoms with E-state index in [1.54, 1.807) is 19.1 Å². The van der Waals surface area contributed by atoms with Crippen molar-refractivity contribution in [2.75, 3.05) is 0 Å². The van der Waals surface area contributed by atoms with Crippen LogP contribution in [0, 0.1) is 17.6 Å². The fourth-order valence-electron chi connectivity index (χ4n) is 3.17. The van der Waals surface area contributed by atoms with Gasteiger partial charge in [0, 0.05) is 0 Å². The van der Waals surface area contributed by atoms with Crippen LogP contribution in [0.5, 0.6) is 5.75 Å². The number of rotatable bonds is 6. The molecule has 0 bridgehead atoms. The first kappa shape index (κ1) is 17.7. The SMILES string of the molecule is C/C=C/Oc1ccc(C2CCC(/C=C/CCC)CC2)c(F)c1F. The summed E-state index contributed by atoms with van der Waals surface area (Å²) in [6.45, 7) is 3.93. The Labute approximate surface area is 138 Å². The second kappa shape index (κ2) is 8.85. The fraction of sp³-hybridized carbons (Fsp3) is 0.500. The lowest BCUT2D eigenvalue weighted by Gasteiger charge is -2.27. The molecule has 23 heavy (non-hydrogen) atoms. The molecular weight excluding hydrogens is 294 g/mol. The molecule has 0 amide bonds. The summed E-state index contributed by atoms with van der Waals surface area (Å²) in [4.78, 5) is 0. The molecule has 1 nitrogen and oxygen atoms in total. The Bertz CT molecular complexity index is 555. The number of benzene rings is 1. The fourth-order valence-corrected chi connectivity index (χ4v) is 3.17. The van der Waals surface area contributed by atoms with E-state index in [2.05, 4.69) is 19.1 Å². The van der Waals surface area contributed by atoms with Crippen LogP contribution in [0.2, 0.25) is 0 Å². The number of halogens is 2. The summed E-state index contributed by atoms with van der Waals surface area (Å²) in [5.74, 6) is -0.998. The average Bonchev–Trinajstić information content (AvgIpc) is 2.57. The smallest absolute Gasteiger partial charge is 0.201 e. The van der Waals surface area contributed by atoms with E-state index in [-0.39, 0.29) is 11.7 Å². The largest absolute Gasteiger partial charge is 0.462 e. The van der Waals surface area contributed by atoms with Gasteiger partial charge in [0.1, 0.15) is 0 Å². The van der Waals surface area contributed by atoms with Crippen LogP contribution in [0.1, 0.15) is 63.9 Å². The summed E-state index contributed by atoms with van der Waals surface area (Å²) in [6, 6.07) is 3.20. The molecule has 126 valence electrons. The normalized spacial score (nSPS) is 22.1. The Hall–Kier alpha value is -1.64. The molecule has 0 atom stereocenters. The molecule has 1 aliphatic rings. The van der Waals surface area contributed by atoms with Gasteiger partial charge >= 0.3 is 0 Å². The van der Waals surface area contributed by atoms with E-state index >= 15 is 0 Å². The molecule has 3 heteroatoms. The van der Waals surface area contributed by atoms with E-state index < -0.39 is 11.6 Å². The van der Waals surface area contributed by atoms with Crippen LogP contribution in [0.4, 0.5) is 8.78 Å². The molecule has 0 heterocycles. The maximum Gasteiger partial charge on any atom is 0.201 e. The van der Waals surface area contributed by atoms with Crippen LogP contribution in [-0.4, -0.2) is 0 Å². The van der Waals surface area contributed by atoms with Gasteiger partial charge in [-0.05, 0) is 62.5 Å². The van der Waals surface area contributed by atoms with E-state index in [1.165, 1.54) is 12.3 Å². The zero-order valence-electron chi connectivity index (χ0n) is 14.0. The molecule has 1 saturated carbocycles. The van der Waals surface area contributed by atoms with Crippen LogP contribution < -0.4 is 4.74 Å². The minimum atomic E-state index is -0.884. The highest BCUT2D eigenvalue weighted by Gasteiger charge is 2.25. The topological polar surface area (TPSA) is 9.23 Å². The average molecular weight is 320 g/mol. The van der Waals surface area contributed by atoms with Gasteiger partial charge in [-0.1, -0.05) is 37.6 Å². The first-order valence-corrected chi connectivity index (χ1v) is 8.59. The van der Waals surface area contributed by atoms with Gasteiger partial charge in [-0.15, -0.1) is 0 Å². The maximum absolute atomic E-state index is 14.3. The molecule has 1 fully saturated rings. The Balaban J connectivity index is 2.02. The molecule has 1 aliphatic carbocycles. The van der Waals surface area contributed by atoms with E-state index in [0.717, 1.165) is 38.5 Å². The number of hydrogen-bond acceptors (Lipinski definition) is 1. The van der Waals surface area contributed by atoms with Crippen molar-refractivity contribution in [3.8, 4) is 5.75 Å². The maximum atomic E-state index is 14.3. The van der Waals surface area contributed by atoms with E-state index in [0.29, 0.717) is 11.5 Å². The molecule has 0 radical (unpaired) electrons. The Morgan fingerprint density at radius 2 is 1.87 bits per heavy atom. The van der Waals surface area contributed by atoms with Crippen LogP contribution in [0.15, 0.2) is 36.6 Å². The molecule has 1 aromatic rings. The lowest BCUT2D eigenvalue weighted by molar-refractivity contribution is 0.358. The zero-order chi connectivity index (χ0) is 16.7. The van der Waals surface area contributed by atoms with Crippen molar-refractivity contribution >= 4 is 0 Å². The van der Waals surface area contributed by atoms with Crippen molar-refractivity contribution in [2.24, 2.45) is 5.92 Å². The highest BCUT2D eigenvalue weighted by Crippen LogP contribution is 2.39. The Kier molecular flexibility index (Phi) is 6.82. The van der Waals surface area contributed by atoms with E-state index in [9.17, 15) is 8.78 Å². The molecule has 0 unspecified atom stereocenters. The van der Waals surface area contributed by atoms with Gasteiger partial charge in [-0.3, -0.25) is 0 Å². The second-order valence-corrected chi connectivity index (χ2v) is 6.20. The third-order valence-corrected chi connectivity index (χ3v) is 4.48. The quantitative estimate of drug-likeness (QED) is 0.429. The molecule has 2 rings (SSSR count). The summed E-state index contributed by atoms with van der Waals surface area (Å²) in [5, 5.41) is 0. The monoisotopic (exact) mass is 320 g/mol. The summed E-state index contributed by atoms with van der Waals surface area (Å²) >= 11 is 0. The van der Waals surface area contributed by atoms with E-state index in [1.807, 2.05) is 0 Å². The standard InChI is InChI=1S/C20H26F2O/c1-3-5-6-7-15-8-10-16(11-9-15)17-12-13-18(23-14-4-2)20(22)19(17)21/h4,6-7,12-16H,3,5,8-11H2,1-2H3/b7-6+,14-4+. The van der Waals surface area contributed by atoms with Crippen molar-refractivity contribution < 1.29 is 13.5 Å². The zero-order valence-corrected chi connectivity index (χ0v) is 14.0. The van der Waals surface area contributed by atoms with Gasteiger partial charge in [0.15, 0.2) is 11.6 Å². The summed E-state index contributed by atoms with van der Waals surface area (Å²) in [5.41, 5.74) is 0.492. The molecule has 0 aliphatic heterocycles. The van der Waals surface area contributed by atoms with Crippen molar-refractivity contribution in [2.45, 2.75) is 58.3 Å². The van der Waals surface area contributed by atoms with Gasteiger partial charge in [0.25, 0.3) is 0 Å². The number of allylic oxidation sites excluding steroid dienone is 3. The highest BCUT2D eigenvalue weighted by atomic mass is 19.2. The van der Waals surface area contributed by atoms with Gasteiger partial charge in [-0.2, -0.15) is 4.39 Å². The third kappa shape index (κ3) is 4.66. The van der Waals surface area contributed by atoms with Gasteiger partial charge in [0.05, 0.1) is 6.26 Å². The molecule has 0 saturated heterocycles. The summed E-state index contributed by atoms with van der Waals surface area (Å²) < 4.78 is 33.5. The first-order valence-electron chi connectivity index (χ1n) is 8.59. The van der Waals surface area contributed by atoms with Crippen LogP contribution in [-0.2, 0) is 0 Å². The molecule has 0 N–H and O–H groups in total. The lowest BCUT2D eigenvalue weighted by Crippen LogP contribution is -2.13. The molecule has 0 spiro atoms. The third-order valence-electron chi connectivity index (χ3n) is 4.48. The van der Waals surface area contributed by atoms with Gasteiger partial charge in [-0.25, -0.2) is 4.39 Å². The number of hydrogen-bond donors (Lipinski definition) is 0. The first-order chi connectivity index (χ1) is 11.2. The van der Waals surface area contributed by atoms with Crippen LogP contribution >= 0.6 is 0 Å². The predicted molar refractivity (Wildman–Crippen MR) is 90.5 cm³/mol. The van der Waals surface area contributed by atoms with E-state index in [4.69, 9.17) is 4.74 Å². The summed E-state index contributed by atoms with van der Waals surface area (Å²) in [7, 11) is 0. The van der Waals surface area contributed by atoms with Crippen molar-refractivity contribution in [1.82, 2.24) is 0 Å². The molecule has 0 aromatic heterocycles. The van der Waals surface area contributed by atoms with Crippen molar-refractivity contribution in [1.29, 1.82) is 0 Å². The Morgan fingerprint density at radius 3 is 2.52 bits per heavy atom. The second-order valence-electron chi connectivity index (χ2n) is 6.20. The number of ether oxygens (including phenoxy) is 1.